The zero-order chi connectivity index (χ0) is 14.5. The first kappa shape index (κ1) is 14.3. The number of hydrogen-bond acceptors (Lipinski definition) is 2. The van der Waals surface area contributed by atoms with Crippen molar-refractivity contribution in [1.29, 1.82) is 0 Å². The summed E-state index contributed by atoms with van der Waals surface area (Å²) in [5.41, 5.74) is 9.89. The van der Waals surface area contributed by atoms with Crippen molar-refractivity contribution >= 4 is 11.6 Å². The molecule has 2 aromatic carbocycles. The number of aryl methyl sites for hydroxylation is 2. The van der Waals surface area contributed by atoms with Gasteiger partial charge in [0, 0.05) is 5.69 Å². The van der Waals surface area contributed by atoms with Crippen LogP contribution in [0.4, 0.5) is 5.69 Å². The van der Waals surface area contributed by atoms with Crippen LogP contribution in [0.15, 0.2) is 48.5 Å². The predicted molar refractivity (Wildman–Crippen MR) is 82.6 cm³/mol. The fourth-order valence-electron chi connectivity index (χ4n) is 2.21. The number of amides is 1. The fourth-order valence-corrected chi connectivity index (χ4v) is 2.21. The SMILES string of the molecule is CCc1cccc(C)c1NC(=O)C(N)c1ccccc1. The summed E-state index contributed by atoms with van der Waals surface area (Å²) in [6.45, 7) is 4.06. The normalized spacial score (nSPS) is 11.9. The number of nitrogens with two attached hydrogens (primary N) is 1. The zero-order valence-corrected chi connectivity index (χ0v) is 11.9. The number of carbonyl (C=O) groups excluding carboxylic acids is 1. The number of rotatable bonds is 4. The first-order valence-electron chi connectivity index (χ1n) is 6.83. The molecule has 20 heavy (non-hydrogen) atoms. The Kier molecular flexibility index (Phi) is 4.53. The largest absolute Gasteiger partial charge is 0.324 e. The maximum atomic E-state index is 12.3. The minimum Gasteiger partial charge on any atom is -0.324 e. The molecule has 0 saturated heterocycles. The lowest BCUT2D eigenvalue weighted by Crippen LogP contribution is -2.28. The number of hydrogen-bond donors (Lipinski definition) is 2. The maximum Gasteiger partial charge on any atom is 0.245 e. The van der Waals surface area contributed by atoms with Crippen molar-refractivity contribution in [3.8, 4) is 0 Å². The lowest BCUT2D eigenvalue weighted by Gasteiger charge is -2.16. The molecule has 3 nitrogen and oxygen atoms in total. The Labute approximate surface area is 119 Å². The van der Waals surface area contributed by atoms with Crippen LogP contribution < -0.4 is 11.1 Å². The van der Waals surface area contributed by atoms with Crippen LogP contribution in [-0.4, -0.2) is 5.91 Å². The molecule has 1 unspecified atom stereocenters. The van der Waals surface area contributed by atoms with Crippen molar-refractivity contribution in [3.05, 3.63) is 65.2 Å². The van der Waals surface area contributed by atoms with Crippen molar-refractivity contribution in [2.24, 2.45) is 5.73 Å². The summed E-state index contributed by atoms with van der Waals surface area (Å²) in [6.07, 6.45) is 0.873. The molecular weight excluding hydrogens is 248 g/mol. The molecule has 1 amide bonds. The molecule has 0 aromatic heterocycles. The number of nitrogens with one attached hydrogen (secondary N) is 1. The Hall–Kier alpha value is -2.13. The van der Waals surface area contributed by atoms with Crippen molar-refractivity contribution in [2.75, 3.05) is 5.32 Å². The van der Waals surface area contributed by atoms with Crippen LogP contribution in [0.25, 0.3) is 0 Å². The molecule has 0 aliphatic carbocycles. The summed E-state index contributed by atoms with van der Waals surface area (Å²) in [6, 6.07) is 14.8. The number of carbonyl (C=O) groups is 1. The van der Waals surface area contributed by atoms with Gasteiger partial charge in [0.1, 0.15) is 6.04 Å². The van der Waals surface area contributed by atoms with Crippen LogP contribution in [-0.2, 0) is 11.2 Å². The molecule has 104 valence electrons. The fraction of sp³-hybridized carbons (Fsp3) is 0.235. The Balaban J connectivity index is 2.20. The topological polar surface area (TPSA) is 55.1 Å². The Morgan fingerprint density at radius 3 is 2.50 bits per heavy atom. The summed E-state index contributed by atoms with van der Waals surface area (Å²) in [5.74, 6) is -0.180. The lowest BCUT2D eigenvalue weighted by atomic mass is 10.0. The van der Waals surface area contributed by atoms with Gasteiger partial charge in [-0.3, -0.25) is 4.79 Å². The van der Waals surface area contributed by atoms with Gasteiger partial charge in [-0.2, -0.15) is 0 Å². The average Bonchev–Trinajstić information content (AvgIpc) is 2.49. The number of anilines is 1. The second-order valence-corrected chi connectivity index (χ2v) is 4.84. The highest BCUT2D eigenvalue weighted by atomic mass is 16.2. The highest BCUT2D eigenvalue weighted by molar-refractivity contribution is 5.96. The quantitative estimate of drug-likeness (QED) is 0.894. The minimum absolute atomic E-state index is 0.180. The molecule has 0 saturated carbocycles. The van der Waals surface area contributed by atoms with E-state index in [0.29, 0.717) is 0 Å². The summed E-state index contributed by atoms with van der Waals surface area (Å²) in [7, 11) is 0. The van der Waals surface area contributed by atoms with Crippen molar-refractivity contribution < 1.29 is 4.79 Å². The van der Waals surface area contributed by atoms with Crippen LogP contribution in [0.3, 0.4) is 0 Å². The van der Waals surface area contributed by atoms with Crippen LogP contribution in [0.5, 0.6) is 0 Å². The molecular formula is C17H20N2O. The molecule has 0 aliphatic heterocycles. The first-order valence-corrected chi connectivity index (χ1v) is 6.83. The van der Waals surface area contributed by atoms with Gasteiger partial charge >= 0.3 is 0 Å². The molecule has 2 rings (SSSR count). The van der Waals surface area contributed by atoms with Gasteiger partial charge in [0.15, 0.2) is 0 Å². The van der Waals surface area contributed by atoms with E-state index in [2.05, 4.69) is 12.2 Å². The zero-order valence-electron chi connectivity index (χ0n) is 11.9. The van der Waals surface area contributed by atoms with Gasteiger partial charge in [0.25, 0.3) is 0 Å². The van der Waals surface area contributed by atoms with E-state index in [0.717, 1.165) is 28.8 Å². The van der Waals surface area contributed by atoms with Crippen LogP contribution in [0.1, 0.15) is 29.7 Å². The Morgan fingerprint density at radius 1 is 1.15 bits per heavy atom. The molecule has 0 spiro atoms. The van der Waals surface area contributed by atoms with Crippen molar-refractivity contribution in [1.82, 2.24) is 0 Å². The van der Waals surface area contributed by atoms with Crippen molar-refractivity contribution in [2.45, 2.75) is 26.3 Å². The second kappa shape index (κ2) is 6.35. The van der Waals surface area contributed by atoms with E-state index in [9.17, 15) is 4.79 Å². The number of para-hydroxylation sites is 1. The van der Waals surface area contributed by atoms with E-state index in [1.54, 1.807) is 0 Å². The van der Waals surface area contributed by atoms with Gasteiger partial charge in [0.2, 0.25) is 5.91 Å². The van der Waals surface area contributed by atoms with Crippen LogP contribution in [0.2, 0.25) is 0 Å². The highest BCUT2D eigenvalue weighted by Gasteiger charge is 2.17. The molecule has 3 N–H and O–H groups in total. The monoisotopic (exact) mass is 268 g/mol. The lowest BCUT2D eigenvalue weighted by molar-refractivity contribution is -0.117. The third-order valence-electron chi connectivity index (χ3n) is 3.43. The smallest absolute Gasteiger partial charge is 0.245 e. The van der Waals surface area contributed by atoms with E-state index >= 15 is 0 Å². The second-order valence-electron chi connectivity index (χ2n) is 4.84. The van der Waals surface area contributed by atoms with Gasteiger partial charge in [-0.25, -0.2) is 0 Å². The minimum atomic E-state index is -0.652. The van der Waals surface area contributed by atoms with E-state index in [1.165, 1.54) is 0 Å². The predicted octanol–water partition coefficient (Wildman–Crippen LogP) is 3.20. The van der Waals surface area contributed by atoms with Crippen LogP contribution >= 0.6 is 0 Å². The van der Waals surface area contributed by atoms with E-state index in [-0.39, 0.29) is 5.91 Å². The molecule has 0 aliphatic rings. The van der Waals surface area contributed by atoms with E-state index < -0.39 is 6.04 Å². The summed E-state index contributed by atoms with van der Waals surface area (Å²) in [4.78, 5) is 12.3. The maximum absolute atomic E-state index is 12.3. The first-order chi connectivity index (χ1) is 9.63. The van der Waals surface area contributed by atoms with Gasteiger partial charge in [-0.15, -0.1) is 0 Å². The Bertz CT molecular complexity index is 593. The van der Waals surface area contributed by atoms with E-state index in [4.69, 9.17) is 5.73 Å². The molecule has 1 atom stereocenters. The molecule has 2 aromatic rings. The highest BCUT2D eigenvalue weighted by Crippen LogP contribution is 2.22. The molecule has 0 bridgehead atoms. The molecule has 0 fully saturated rings. The number of benzene rings is 2. The summed E-state index contributed by atoms with van der Waals surface area (Å²) < 4.78 is 0. The molecule has 3 heteroatoms. The third-order valence-corrected chi connectivity index (χ3v) is 3.43. The van der Waals surface area contributed by atoms with Gasteiger partial charge in [0.05, 0.1) is 0 Å². The van der Waals surface area contributed by atoms with Crippen LogP contribution in [0, 0.1) is 6.92 Å². The van der Waals surface area contributed by atoms with E-state index in [1.807, 2.05) is 55.5 Å². The summed E-state index contributed by atoms with van der Waals surface area (Å²) in [5, 5.41) is 2.96. The third kappa shape index (κ3) is 3.06. The van der Waals surface area contributed by atoms with Crippen molar-refractivity contribution in [3.63, 3.8) is 0 Å². The average molecular weight is 268 g/mol. The molecule has 0 radical (unpaired) electrons. The summed E-state index contributed by atoms with van der Waals surface area (Å²) >= 11 is 0. The molecule has 0 heterocycles. The van der Waals surface area contributed by atoms with Gasteiger partial charge < -0.3 is 11.1 Å². The standard InChI is InChI=1S/C17H20N2O/c1-3-13-11-7-8-12(2)16(13)19-17(20)15(18)14-9-5-4-6-10-14/h4-11,15H,3,18H2,1-2H3,(H,19,20). The van der Waals surface area contributed by atoms with Gasteiger partial charge in [-0.1, -0.05) is 55.5 Å². The van der Waals surface area contributed by atoms with Gasteiger partial charge in [-0.05, 0) is 30.0 Å². The Morgan fingerprint density at radius 2 is 1.85 bits per heavy atom.